The number of ether oxygens (including phenoxy) is 1. The normalized spacial score (nSPS) is 9.95. The molecule has 0 radical (unpaired) electrons. The zero-order valence-electron chi connectivity index (χ0n) is 12.1. The van der Waals surface area contributed by atoms with Crippen molar-refractivity contribution in [3.05, 3.63) is 41.7 Å². The van der Waals surface area contributed by atoms with Crippen LogP contribution >= 0.6 is 0 Å². The third-order valence-electron chi connectivity index (χ3n) is 2.88. The molecule has 0 spiro atoms. The molecule has 1 heterocycles. The van der Waals surface area contributed by atoms with Crippen molar-refractivity contribution in [1.82, 2.24) is 10.3 Å². The highest BCUT2D eigenvalue weighted by molar-refractivity contribution is 6.43. The summed E-state index contributed by atoms with van der Waals surface area (Å²) >= 11 is 0. The van der Waals surface area contributed by atoms with Gasteiger partial charge in [-0.3, -0.25) is 9.59 Å². The van der Waals surface area contributed by atoms with E-state index in [1.54, 1.807) is 13.8 Å². The number of Topliss-reactive ketones (excluding diaryl/α,β-unsaturated/α-hetero) is 1. The molecule has 0 fully saturated rings. The number of aryl methyl sites for hydroxylation is 1. The van der Waals surface area contributed by atoms with E-state index in [0.29, 0.717) is 34.9 Å². The summed E-state index contributed by atoms with van der Waals surface area (Å²) in [7, 11) is 0. The quantitative estimate of drug-likeness (QED) is 0.347. The average Bonchev–Trinajstić information content (AvgIpc) is 2.71. The van der Waals surface area contributed by atoms with Crippen molar-refractivity contribution in [3.63, 3.8) is 0 Å². The van der Waals surface area contributed by atoms with Crippen LogP contribution in [0.1, 0.15) is 34.2 Å². The van der Waals surface area contributed by atoms with Gasteiger partial charge in [0.25, 0.3) is 11.7 Å². The van der Waals surface area contributed by atoms with Crippen LogP contribution in [0.2, 0.25) is 0 Å². The first-order valence-electron chi connectivity index (χ1n) is 6.38. The molecule has 0 saturated carbocycles. The Morgan fingerprint density at radius 1 is 1.40 bits per heavy atom. The summed E-state index contributed by atoms with van der Waals surface area (Å²) in [5.74, 6) is -0.768. The van der Waals surface area contributed by atoms with E-state index < -0.39 is 11.7 Å². The molecule has 0 aromatic carbocycles. The Morgan fingerprint density at radius 3 is 2.60 bits per heavy atom. The average molecular weight is 276 g/mol. The maximum Gasteiger partial charge on any atom is 0.292 e. The minimum absolute atomic E-state index is 0.256. The first-order chi connectivity index (χ1) is 9.43. The van der Waals surface area contributed by atoms with Gasteiger partial charge in [-0.25, -0.2) is 0 Å². The highest BCUT2D eigenvalue weighted by Gasteiger charge is 2.24. The SMILES string of the molecule is C=CCNC(=O)C(=O)c1c(C)[nH]c(C(=C)OCC)c1C. The molecule has 0 aliphatic heterocycles. The van der Waals surface area contributed by atoms with Gasteiger partial charge in [0.2, 0.25) is 0 Å². The fourth-order valence-electron chi connectivity index (χ4n) is 1.97. The van der Waals surface area contributed by atoms with Gasteiger partial charge in [0.1, 0.15) is 5.76 Å². The molecule has 1 rings (SSSR count). The number of aromatic nitrogens is 1. The van der Waals surface area contributed by atoms with Gasteiger partial charge in [0.15, 0.2) is 0 Å². The van der Waals surface area contributed by atoms with E-state index in [4.69, 9.17) is 4.74 Å². The molecular formula is C15H20N2O3. The number of carbonyl (C=O) groups excluding carboxylic acids is 2. The summed E-state index contributed by atoms with van der Waals surface area (Å²) in [5.41, 5.74) is 2.29. The second-order valence-corrected chi connectivity index (χ2v) is 4.31. The number of hydrogen-bond donors (Lipinski definition) is 2. The van der Waals surface area contributed by atoms with Crippen molar-refractivity contribution in [2.75, 3.05) is 13.2 Å². The summed E-state index contributed by atoms with van der Waals surface area (Å²) in [5, 5.41) is 2.47. The fourth-order valence-corrected chi connectivity index (χ4v) is 1.97. The molecule has 5 nitrogen and oxygen atoms in total. The third-order valence-corrected chi connectivity index (χ3v) is 2.88. The predicted octanol–water partition coefficient (Wildman–Crippen LogP) is 2.12. The van der Waals surface area contributed by atoms with Crippen molar-refractivity contribution >= 4 is 17.4 Å². The van der Waals surface area contributed by atoms with E-state index in [1.165, 1.54) is 6.08 Å². The predicted molar refractivity (Wildman–Crippen MR) is 78.5 cm³/mol. The number of amides is 1. The molecule has 20 heavy (non-hydrogen) atoms. The van der Waals surface area contributed by atoms with E-state index >= 15 is 0 Å². The lowest BCUT2D eigenvalue weighted by molar-refractivity contribution is -0.116. The number of nitrogens with one attached hydrogen (secondary N) is 2. The zero-order valence-corrected chi connectivity index (χ0v) is 12.1. The van der Waals surface area contributed by atoms with Crippen molar-refractivity contribution in [2.45, 2.75) is 20.8 Å². The van der Waals surface area contributed by atoms with E-state index in [0.717, 1.165) is 0 Å². The summed E-state index contributed by atoms with van der Waals surface area (Å²) in [6.45, 7) is 13.4. The van der Waals surface area contributed by atoms with Gasteiger partial charge < -0.3 is 15.0 Å². The van der Waals surface area contributed by atoms with Gasteiger partial charge in [-0.05, 0) is 26.3 Å². The van der Waals surface area contributed by atoms with Gasteiger partial charge in [-0.2, -0.15) is 0 Å². The van der Waals surface area contributed by atoms with E-state index in [2.05, 4.69) is 23.5 Å². The lowest BCUT2D eigenvalue weighted by Gasteiger charge is -2.06. The number of rotatable bonds is 7. The highest BCUT2D eigenvalue weighted by atomic mass is 16.5. The Kier molecular flexibility index (Phi) is 5.32. The number of hydrogen-bond acceptors (Lipinski definition) is 3. The molecule has 1 aromatic rings. The summed E-state index contributed by atoms with van der Waals surface area (Å²) in [6, 6.07) is 0. The number of aromatic amines is 1. The minimum Gasteiger partial charge on any atom is -0.492 e. The van der Waals surface area contributed by atoms with Crippen molar-refractivity contribution < 1.29 is 14.3 Å². The van der Waals surface area contributed by atoms with Gasteiger partial charge in [0.05, 0.1) is 17.9 Å². The zero-order chi connectivity index (χ0) is 15.3. The molecular weight excluding hydrogens is 256 g/mol. The Hall–Kier alpha value is -2.30. The summed E-state index contributed by atoms with van der Waals surface area (Å²) in [6.07, 6.45) is 1.52. The maximum atomic E-state index is 12.1. The topological polar surface area (TPSA) is 71.2 Å². The first-order valence-corrected chi connectivity index (χ1v) is 6.38. The van der Waals surface area contributed by atoms with E-state index in [1.807, 2.05) is 6.92 Å². The Labute approximate surface area is 118 Å². The van der Waals surface area contributed by atoms with Gasteiger partial charge in [0, 0.05) is 12.2 Å². The van der Waals surface area contributed by atoms with Gasteiger partial charge in [-0.1, -0.05) is 12.7 Å². The largest absolute Gasteiger partial charge is 0.492 e. The van der Waals surface area contributed by atoms with Crippen LogP contribution < -0.4 is 5.32 Å². The van der Waals surface area contributed by atoms with Gasteiger partial charge >= 0.3 is 0 Å². The maximum absolute atomic E-state index is 12.1. The van der Waals surface area contributed by atoms with Crippen LogP contribution in [-0.2, 0) is 9.53 Å². The van der Waals surface area contributed by atoms with Crippen LogP contribution in [0.25, 0.3) is 5.76 Å². The molecule has 0 aliphatic rings. The van der Waals surface area contributed by atoms with Crippen molar-refractivity contribution in [1.29, 1.82) is 0 Å². The molecule has 1 aromatic heterocycles. The minimum atomic E-state index is -0.649. The van der Waals surface area contributed by atoms with Crippen LogP contribution in [0.15, 0.2) is 19.2 Å². The molecule has 5 heteroatoms. The Bertz CT molecular complexity index is 556. The molecule has 0 bridgehead atoms. The molecule has 0 saturated heterocycles. The lowest BCUT2D eigenvalue weighted by Crippen LogP contribution is -2.31. The molecule has 108 valence electrons. The van der Waals surface area contributed by atoms with E-state index in [9.17, 15) is 9.59 Å². The number of carbonyl (C=O) groups is 2. The second-order valence-electron chi connectivity index (χ2n) is 4.31. The fraction of sp³-hybridized carbons (Fsp3) is 0.333. The van der Waals surface area contributed by atoms with Crippen LogP contribution in [-0.4, -0.2) is 29.8 Å². The van der Waals surface area contributed by atoms with Crippen LogP contribution in [0.3, 0.4) is 0 Å². The lowest BCUT2D eigenvalue weighted by atomic mass is 10.0. The Morgan fingerprint density at radius 2 is 2.05 bits per heavy atom. The smallest absolute Gasteiger partial charge is 0.292 e. The molecule has 0 aliphatic carbocycles. The number of ketones is 1. The van der Waals surface area contributed by atoms with Crippen molar-refractivity contribution in [2.24, 2.45) is 0 Å². The standard InChI is InChI=1S/C15H20N2O3/c1-6-8-16-15(19)14(18)12-9(3)13(17-10(12)4)11(5)20-7-2/h6,17H,1,5,7-8H2,2-4H3,(H,16,19). The van der Waals surface area contributed by atoms with Crippen LogP contribution in [0.5, 0.6) is 0 Å². The van der Waals surface area contributed by atoms with Crippen LogP contribution in [0, 0.1) is 13.8 Å². The number of H-pyrrole nitrogens is 1. The highest BCUT2D eigenvalue weighted by Crippen LogP contribution is 2.24. The van der Waals surface area contributed by atoms with Crippen LogP contribution in [0.4, 0.5) is 0 Å². The second kappa shape index (κ2) is 6.75. The molecule has 0 unspecified atom stereocenters. The molecule has 1 amide bonds. The molecule has 2 N–H and O–H groups in total. The van der Waals surface area contributed by atoms with E-state index in [-0.39, 0.29) is 6.54 Å². The van der Waals surface area contributed by atoms with Gasteiger partial charge in [-0.15, -0.1) is 6.58 Å². The van der Waals surface area contributed by atoms with Crippen molar-refractivity contribution in [3.8, 4) is 0 Å². The Balaban J connectivity index is 3.07. The summed E-state index contributed by atoms with van der Waals surface area (Å²) in [4.78, 5) is 26.9. The third kappa shape index (κ3) is 3.17. The summed E-state index contributed by atoms with van der Waals surface area (Å²) < 4.78 is 5.33. The first kappa shape index (κ1) is 15.8. The monoisotopic (exact) mass is 276 g/mol. The molecule has 0 atom stereocenters.